The van der Waals surface area contributed by atoms with Crippen molar-refractivity contribution in [3.8, 4) is 11.1 Å². The molecule has 14 nitrogen and oxygen atoms in total. The number of carbonyl (C=O) groups excluding carboxylic acids is 6. The lowest BCUT2D eigenvalue weighted by Crippen LogP contribution is -2.51. The van der Waals surface area contributed by atoms with Crippen LogP contribution in [-0.2, 0) is 30.5 Å². The highest BCUT2D eigenvalue weighted by Crippen LogP contribution is 2.38. The third kappa shape index (κ3) is 9.05. The van der Waals surface area contributed by atoms with E-state index in [-0.39, 0.29) is 31.7 Å². The van der Waals surface area contributed by atoms with Crippen molar-refractivity contribution in [2.24, 2.45) is 5.73 Å². The van der Waals surface area contributed by atoms with Gasteiger partial charge >= 0.3 is 0 Å². The highest BCUT2D eigenvalue weighted by Gasteiger charge is 2.33. The van der Waals surface area contributed by atoms with Gasteiger partial charge in [-0.1, -0.05) is 48.0 Å². The topological polar surface area (TPSA) is 213 Å². The molecule has 0 spiro atoms. The van der Waals surface area contributed by atoms with Crippen LogP contribution in [0.4, 0.5) is 0 Å². The predicted molar refractivity (Wildman–Crippen MR) is 209 cm³/mol. The Morgan fingerprint density at radius 2 is 1.68 bits per heavy atom. The number of benzene rings is 3. The number of furan rings is 1. The maximum atomic E-state index is 14.1. The van der Waals surface area contributed by atoms with E-state index in [1.807, 2.05) is 12.1 Å². The molecule has 7 N–H and O–H groups in total. The molecule has 1 aromatic heterocycles. The number of amides is 5. The van der Waals surface area contributed by atoms with Crippen LogP contribution in [0.25, 0.3) is 27.7 Å². The first-order valence-corrected chi connectivity index (χ1v) is 18.3. The first kappa shape index (κ1) is 39.6. The average Bonchev–Trinajstić information content (AvgIpc) is 3.62. The van der Waals surface area contributed by atoms with Crippen LogP contribution in [-0.4, -0.2) is 84.2 Å². The zero-order valence-corrected chi connectivity index (χ0v) is 31.4. The lowest BCUT2D eigenvalue weighted by Gasteiger charge is -2.29. The zero-order chi connectivity index (χ0) is 40.1. The van der Waals surface area contributed by atoms with Gasteiger partial charge in [0.05, 0.1) is 32.3 Å². The van der Waals surface area contributed by atoms with E-state index in [0.29, 0.717) is 49.6 Å². The number of nitrogens with one attached hydrogen (secondary N) is 4. The van der Waals surface area contributed by atoms with E-state index in [9.17, 15) is 33.9 Å². The number of Topliss-reactive ketones (excluding diaryl/α,β-unsaturated/α-hetero) is 1. The molecule has 1 aliphatic carbocycles. The highest BCUT2D eigenvalue weighted by atomic mass is 35.5. The van der Waals surface area contributed by atoms with Crippen molar-refractivity contribution in [3.63, 3.8) is 0 Å². The fourth-order valence-electron chi connectivity index (χ4n) is 6.67. The number of rotatable bonds is 9. The smallest absolute Gasteiger partial charge is 0.251 e. The van der Waals surface area contributed by atoms with Crippen LogP contribution < -0.4 is 27.0 Å². The Morgan fingerprint density at radius 1 is 0.982 bits per heavy atom. The predicted octanol–water partition coefficient (Wildman–Crippen LogP) is 2.93. The third-order valence-corrected chi connectivity index (χ3v) is 9.85. The number of nitrogens with two attached hydrogens (primary N) is 1. The van der Waals surface area contributed by atoms with Gasteiger partial charge in [0.1, 0.15) is 29.2 Å². The highest BCUT2D eigenvalue weighted by molar-refractivity contribution is 6.30. The normalized spacial score (nSPS) is 18.4. The molecule has 56 heavy (non-hydrogen) atoms. The van der Waals surface area contributed by atoms with E-state index >= 15 is 0 Å². The van der Waals surface area contributed by atoms with Crippen molar-refractivity contribution in [3.05, 3.63) is 112 Å². The number of carbonyl (C=O) groups is 6. The summed E-state index contributed by atoms with van der Waals surface area (Å²) in [7, 11) is 1.40. The van der Waals surface area contributed by atoms with Gasteiger partial charge < -0.3 is 41.4 Å². The number of aliphatic hydroxyl groups excluding tert-OH is 1. The van der Waals surface area contributed by atoms with E-state index in [4.69, 9.17) is 21.8 Å². The number of halogens is 1. The molecule has 0 saturated carbocycles. The quantitative estimate of drug-likeness (QED) is 0.147. The summed E-state index contributed by atoms with van der Waals surface area (Å²) in [5.41, 5.74) is 10.2. The minimum atomic E-state index is -1.33. The van der Waals surface area contributed by atoms with Gasteiger partial charge in [-0.15, -0.1) is 0 Å². The van der Waals surface area contributed by atoms with Gasteiger partial charge in [-0.25, -0.2) is 0 Å². The number of hydrogen-bond donors (Lipinski definition) is 6. The Bertz CT molecular complexity index is 2260. The monoisotopic (exact) mass is 780 g/mol. The Balaban J connectivity index is 1.31. The minimum Gasteiger partial charge on any atom is -0.459 e. The van der Waals surface area contributed by atoms with Gasteiger partial charge in [0.25, 0.3) is 5.91 Å². The molecule has 290 valence electrons. The van der Waals surface area contributed by atoms with Crippen molar-refractivity contribution >= 4 is 63.5 Å². The lowest BCUT2D eigenvalue weighted by molar-refractivity contribution is -0.139. The average molecular weight is 781 g/mol. The van der Waals surface area contributed by atoms with E-state index in [1.54, 1.807) is 66.7 Å². The maximum Gasteiger partial charge on any atom is 0.251 e. The zero-order valence-electron chi connectivity index (χ0n) is 30.7. The molecule has 0 saturated heterocycles. The number of hydrogen-bond acceptors (Lipinski definition) is 9. The molecule has 2 heterocycles. The second kappa shape index (κ2) is 17.1. The first-order chi connectivity index (χ1) is 26.8. The van der Waals surface area contributed by atoms with Crippen LogP contribution in [0.5, 0.6) is 0 Å². The molecule has 3 atom stereocenters. The van der Waals surface area contributed by atoms with Crippen LogP contribution in [0.15, 0.2) is 88.9 Å². The Morgan fingerprint density at radius 3 is 2.36 bits per heavy atom. The van der Waals surface area contributed by atoms with E-state index < -0.39 is 60.8 Å². The second-order valence-corrected chi connectivity index (χ2v) is 14.1. The number of aliphatic hydroxyl groups is 1. The summed E-state index contributed by atoms with van der Waals surface area (Å²) in [5.74, 6) is -3.03. The Hall–Kier alpha value is -6.09. The van der Waals surface area contributed by atoms with Crippen LogP contribution in [0.2, 0.25) is 5.02 Å². The number of allylic oxidation sites excluding steroid dienone is 1. The lowest BCUT2D eigenvalue weighted by atomic mass is 9.86. The fourth-order valence-corrected chi connectivity index (χ4v) is 6.80. The summed E-state index contributed by atoms with van der Waals surface area (Å²) in [4.78, 5) is 80.1. The summed E-state index contributed by atoms with van der Waals surface area (Å²) >= 11 is 6.00. The van der Waals surface area contributed by atoms with Crippen LogP contribution in [0.3, 0.4) is 0 Å². The van der Waals surface area contributed by atoms with E-state index in [1.165, 1.54) is 14.0 Å². The molecule has 4 bridgehead atoms. The standard InChI is InChI=1S/C41H41ClN6O8/c1-22(49)19-44-40(54)33-14-23-3-12-34(50)31(13-23)32-17-27(15-28-16-30(18-43)56-38(28)32)37(41(55)45-20-35(51)47-33)48(2)36(52)21-46-39(53)26-6-4-24(5-7-26)25-8-10-29(42)11-9-25/h3-11,13,15-17,33-34,37,50H,12,14,18-21,43H2,1-2H3,(H,44,54)(H,45,55)(H,46,53)(H,47,51)/t33-,34?,37-/m0/s1. The summed E-state index contributed by atoms with van der Waals surface area (Å²) < 4.78 is 6.10. The fraction of sp³-hybridized carbons (Fsp3) is 0.268. The molecular formula is C41H41ClN6O8. The van der Waals surface area contributed by atoms with Crippen molar-refractivity contribution in [1.82, 2.24) is 26.2 Å². The number of likely N-dealkylation sites (N-methyl/N-ethyl adjacent to an activating group) is 1. The third-order valence-electron chi connectivity index (χ3n) is 9.60. The SMILES string of the molecule is CC(=O)CNC(=O)[C@@H]1CC2=CCC(O)C(=C2)c2cc(cc3cc(CN)oc23)[C@H](N(C)C(=O)CNC(=O)c2ccc(-c3ccc(Cl)cc3)cc2)C(=O)NCC(=O)N1. The molecule has 6 rings (SSSR count). The second-order valence-electron chi connectivity index (χ2n) is 13.7. The van der Waals surface area contributed by atoms with Gasteiger partial charge in [-0.05, 0) is 83.6 Å². The van der Waals surface area contributed by atoms with Crippen molar-refractivity contribution in [1.29, 1.82) is 0 Å². The summed E-state index contributed by atoms with van der Waals surface area (Å²) in [6.07, 6.45) is 2.62. The van der Waals surface area contributed by atoms with Gasteiger partial charge in [0.15, 0.2) is 0 Å². The van der Waals surface area contributed by atoms with Crippen molar-refractivity contribution < 1.29 is 38.3 Å². The molecule has 15 heteroatoms. The molecule has 4 aromatic rings. The number of ketones is 1. The summed E-state index contributed by atoms with van der Waals surface area (Å²) in [6, 6.07) is 16.6. The van der Waals surface area contributed by atoms with Crippen molar-refractivity contribution in [2.75, 3.05) is 26.7 Å². The van der Waals surface area contributed by atoms with Gasteiger partial charge in [-0.2, -0.15) is 0 Å². The van der Waals surface area contributed by atoms with Crippen LogP contribution in [0.1, 0.15) is 53.1 Å². The molecule has 0 radical (unpaired) electrons. The van der Waals surface area contributed by atoms with Crippen LogP contribution in [0, 0.1) is 0 Å². The number of nitrogens with zero attached hydrogens (tertiary/aromatic N) is 1. The molecule has 1 aliphatic heterocycles. The summed E-state index contributed by atoms with van der Waals surface area (Å²) in [5, 5.41) is 22.8. The van der Waals surface area contributed by atoms with Crippen LogP contribution >= 0.6 is 11.6 Å². The molecule has 2 aliphatic rings. The van der Waals surface area contributed by atoms with E-state index in [2.05, 4.69) is 21.3 Å². The molecule has 3 aromatic carbocycles. The van der Waals surface area contributed by atoms with Crippen molar-refractivity contribution in [2.45, 2.75) is 44.5 Å². The first-order valence-electron chi connectivity index (χ1n) is 17.9. The Labute approximate surface area is 327 Å². The van der Waals surface area contributed by atoms with E-state index in [0.717, 1.165) is 16.0 Å². The van der Waals surface area contributed by atoms with Gasteiger partial charge in [0, 0.05) is 35.0 Å². The minimum absolute atomic E-state index is 0.0206. The molecule has 0 fully saturated rings. The largest absolute Gasteiger partial charge is 0.459 e. The van der Waals surface area contributed by atoms with Gasteiger partial charge in [-0.3, -0.25) is 28.8 Å². The molecule has 1 unspecified atom stereocenters. The van der Waals surface area contributed by atoms with Gasteiger partial charge in [0.2, 0.25) is 23.6 Å². The summed E-state index contributed by atoms with van der Waals surface area (Å²) in [6.45, 7) is 0.120. The number of fused-ring (bicyclic) bond motifs is 6. The molecule has 5 amide bonds. The molecular weight excluding hydrogens is 740 g/mol. The maximum absolute atomic E-state index is 14.1. The Kier molecular flexibility index (Phi) is 12.1.